The van der Waals surface area contributed by atoms with E-state index in [9.17, 15) is 14.4 Å². The van der Waals surface area contributed by atoms with Gasteiger partial charge in [-0.25, -0.2) is 4.79 Å². The highest BCUT2D eigenvalue weighted by Crippen LogP contribution is 2.33. The van der Waals surface area contributed by atoms with Crippen LogP contribution < -0.4 is 10.6 Å². The Morgan fingerprint density at radius 1 is 0.806 bits per heavy atom. The lowest BCUT2D eigenvalue weighted by atomic mass is 10.1. The number of benzene rings is 3. The van der Waals surface area contributed by atoms with Gasteiger partial charge >= 0.3 is 5.97 Å². The van der Waals surface area contributed by atoms with Crippen LogP contribution >= 0.6 is 34.8 Å². The molecule has 3 aromatic rings. The summed E-state index contributed by atoms with van der Waals surface area (Å²) < 4.78 is 5.08. The highest BCUT2D eigenvalue weighted by molar-refractivity contribution is 6.42. The lowest BCUT2D eigenvalue weighted by Gasteiger charge is -2.12. The molecule has 6 nitrogen and oxygen atoms in total. The van der Waals surface area contributed by atoms with E-state index in [2.05, 4.69) is 10.6 Å². The van der Waals surface area contributed by atoms with E-state index < -0.39 is 18.5 Å². The highest BCUT2D eigenvalue weighted by Gasteiger charge is 2.17. The number of esters is 1. The Morgan fingerprint density at radius 2 is 1.42 bits per heavy atom. The largest absolute Gasteiger partial charge is 0.452 e. The van der Waals surface area contributed by atoms with E-state index in [4.69, 9.17) is 39.5 Å². The number of anilines is 2. The molecule has 0 radical (unpaired) electrons. The minimum absolute atomic E-state index is 0.0992. The first kappa shape index (κ1) is 22.6. The Bertz CT molecular complexity index is 1110. The van der Waals surface area contributed by atoms with Crippen LogP contribution in [0.5, 0.6) is 0 Å². The average Bonchev–Trinajstić information content (AvgIpc) is 2.75. The summed E-state index contributed by atoms with van der Waals surface area (Å²) in [5.41, 5.74) is 0.943. The van der Waals surface area contributed by atoms with Crippen molar-refractivity contribution >= 4 is 64.0 Å². The van der Waals surface area contributed by atoms with Crippen molar-refractivity contribution in [3.05, 3.63) is 92.9 Å². The predicted molar refractivity (Wildman–Crippen MR) is 121 cm³/mol. The number of hydrogen-bond acceptors (Lipinski definition) is 4. The lowest BCUT2D eigenvalue weighted by Crippen LogP contribution is -2.22. The van der Waals surface area contributed by atoms with Crippen molar-refractivity contribution < 1.29 is 19.1 Å². The first-order chi connectivity index (χ1) is 14.8. The molecule has 0 fully saturated rings. The van der Waals surface area contributed by atoms with Gasteiger partial charge in [0.2, 0.25) is 0 Å². The molecular formula is C22H15Cl3N2O4. The molecule has 9 heteroatoms. The van der Waals surface area contributed by atoms with Crippen molar-refractivity contribution in [2.45, 2.75) is 0 Å². The van der Waals surface area contributed by atoms with E-state index in [1.165, 1.54) is 18.2 Å². The fraction of sp³-hybridized carbons (Fsp3) is 0.0455. The number of amides is 2. The zero-order valence-corrected chi connectivity index (χ0v) is 18.1. The number of para-hydroxylation sites is 1. The maximum absolute atomic E-state index is 12.5. The third kappa shape index (κ3) is 5.98. The minimum atomic E-state index is -0.785. The molecule has 158 valence electrons. The molecule has 0 unspecified atom stereocenters. The highest BCUT2D eigenvalue weighted by atomic mass is 35.5. The van der Waals surface area contributed by atoms with E-state index in [-0.39, 0.29) is 32.9 Å². The fourth-order valence-electron chi connectivity index (χ4n) is 2.60. The zero-order valence-electron chi connectivity index (χ0n) is 15.8. The van der Waals surface area contributed by atoms with Gasteiger partial charge in [0, 0.05) is 10.6 Å². The molecule has 0 saturated heterocycles. The number of carbonyl (C=O) groups excluding carboxylic acids is 3. The summed E-state index contributed by atoms with van der Waals surface area (Å²) in [6.45, 7) is -0.588. The number of ether oxygens (including phenoxy) is 1. The van der Waals surface area contributed by atoms with Gasteiger partial charge in [-0.1, -0.05) is 65.1 Å². The summed E-state index contributed by atoms with van der Waals surface area (Å²) in [6.07, 6.45) is 0. The molecule has 0 heterocycles. The quantitative estimate of drug-likeness (QED) is 0.446. The number of rotatable bonds is 6. The second-order valence-electron chi connectivity index (χ2n) is 6.23. The van der Waals surface area contributed by atoms with E-state index in [0.717, 1.165) is 0 Å². The van der Waals surface area contributed by atoms with Gasteiger partial charge < -0.3 is 15.4 Å². The van der Waals surface area contributed by atoms with E-state index in [1.807, 2.05) is 0 Å². The minimum Gasteiger partial charge on any atom is -0.452 e. The normalized spacial score (nSPS) is 10.3. The van der Waals surface area contributed by atoms with Crippen LogP contribution in [-0.4, -0.2) is 24.4 Å². The maximum atomic E-state index is 12.5. The Kier molecular flexibility index (Phi) is 7.52. The first-order valence-corrected chi connectivity index (χ1v) is 10.1. The van der Waals surface area contributed by atoms with Gasteiger partial charge in [0.15, 0.2) is 6.61 Å². The number of halogens is 3. The molecule has 0 aliphatic heterocycles. The van der Waals surface area contributed by atoms with Crippen LogP contribution in [0.25, 0.3) is 0 Å². The van der Waals surface area contributed by atoms with Crippen molar-refractivity contribution in [2.24, 2.45) is 0 Å². The topological polar surface area (TPSA) is 84.5 Å². The molecule has 0 spiro atoms. The van der Waals surface area contributed by atoms with Gasteiger partial charge in [-0.3, -0.25) is 9.59 Å². The van der Waals surface area contributed by atoms with Crippen LogP contribution in [0.2, 0.25) is 15.1 Å². The molecule has 0 aliphatic rings. The molecule has 2 amide bonds. The third-order valence-electron chi connectivity index (χ3n) is 4.04. The molecule has 3 aromatic carbocycles. The third-order valence-corrected chi connectivity index (χ3v) is 4.85. The monoisotopic (exact) mass is 476 g/mol. The second kappa shape index (κ2) is 10.3. The van der Waals surface area contributed by atoms with Crippen molar-refractivity contribution in [2.75, 3.05) is 17.2 Å². The SMILES string of the molecule is O=C(COC(=O)c1ccccc1NC(=O)c1ccccc1)Nc1c(Cl)cc(Cl)cc1Cl. The molecule has 0 aromatic heterocycles. The van der Waals surface area contributed by atoms with Crippen LogP contribution in [0.3, 0.4) is 0 Å². The van der Waals surface area contributed by atoms with E-state index >= 15 is 0 Å². The Labute approximate surface area is 193 Å². The summed E-state index contributed by atoms with van der Waals surface area (Å²) >= 11 is 17.9. The van der Waals surface area contributed by atoms with Crippen LogP contribution in [0.4, 0.5) is 11.4 Å². The van der Waals surface area contributed by atoms with Gasteiger partial charge in [-0.2, -0.15) is 0 Å². The Morgan fingerprint density at radius 3 is 2.10 bits per heavy atom. The average molecular weight is 478 g/mol. The van der Waals surface area contributed by atoms with Gasteiger partial charge in [-0.05, 0) is 36.4 Å². The van der Waals surface area contributed by atoms with Crippen LogP contribution in [0, 0.1) is 0 Å². The fourth-order valence-corrected chi connectivity index (χ4v) is 3.51. The Hall–Kier alpha value is -3.06. The van der Waals surface area contributed by atoms with Crippen molar-refractivity contribution in [3.8, 4) is 0 Å². The first-order valence-electron chi connectivity index (χ1n) is 8.92. The molecule has 0 saturated carbocycles. The van der Waals surface area contributed by atoms with Gasteiger partial charge in [0.25, 0.3) is 11.8 Å². The molecule has 0 bridgehead atoms. The standard InChI is InChI=1S/C22H15Cl3N2O4/c23-14-10-16(24)20(17(25)11-14)27-19(28)12-31-22(30)15-8-4-5-9-18(15)26-21(29)13-6-2-1-3-7-13/h1-11H,12H2,(H,26,29)(H,27,28). The summed E-state index contributed by atoms with van der Waals surface area (Å²) in [7, 11) is 0. The summed E-state index contributed by atoms with van der Waals surface area (Å²) in [5, 5.41) is 5.74. The van der Waals surface area contributed by atoms with E-state index in [1.54, 1.807) is 48.5 Å². The number of nitrogens with one attached hydrogen (secondary N) is 2. The second-order valence-corrected chi connectivity index (χ2v) is 7.49. The van der Waals surface area contributed by atoms with Crippen molar-refractivity contribution in [3.63, 3.8) is 0 Å². The number of carbonyl (C=O) groups is 3. The molecule has 3 rings (SSSR count). The Balaban J connectivity index is 1.65. The van der Waals surface area contributed by atoms with Crippen LogP contribution in [-0.2, 0) is 9.53 Å². The molecule has 2 N–H and O–H groups in total. The van der Waals surface area contributed by atoms with Crippen molar-refractivity contribution in [1.82, 2.24) is 0 Å². The summed E-state index contributed by atoms with van der Waals surface area (Å²) in [5.74, 6) is -1.82. The molecule has 31 heavy (non-hydrogen) atoms. The van der Waals surface area contributed by atoms with Gasteiger partial charge in [0.1, 0.15) is 0 Å². The van der Waals surface area contributed by atoms with Gasteiger partial charge in [0.05, 0.1) is 27.0 Å². The van der Waals surface area contributed by atoms with Crippen LogP contribution in [0.15, 0.2) is 66.7 Å². The number of hydrogen-bond donors (Lipinski definition) is 2. The molecule has 0 atom stereocenters. The molecular weight excluding hydrogens is 463 g/mol. The smallest absolute Gasteiger partial charge is 0.340 e. The van der Waals surface area contributed by atoms with Crippen molar-refractivity contribution in [1.29, 1.82) is 0 Å². The lowest BCUT2D eigenvalue weighted by molar-refractivity contribution is -0.119. The maximum Gasteiger partial charge on any atom is 0.340 e. The van der Waals surface area contributed by atoms with Gasteiger partial charge in [-0.15, -0.1) is 0 Å². The zero-order chi connectivity index (χ0) is 22.4. The van der Waals surface area contributed by atoms with Crippen LogP contribution in [0.1, 0.15) is 20.7 Å². The summed E-state index contributed by atoms with van der Waals surface area (Å²) in [6, 6.07) is 17.7. The summed E-state index contributed by atoms with van der Waals surface area (Å²) in [4.78, 5) is 37.1. The van der Waals surface area contributed by atoms with E-state index in [0.29, 0.717) is 10.6 Å². The predicted octanol–water partition coefficient (Wildman–Crippen LogP) is 5.69. The molecule has 0 aliphatic carbocycles.